The van der Waals surface area contributed by atoms with Crippen LogP contribution in [0.1, 0.15) is 11.1 Å². The molecule has 0 aliphatic heterocycles. The Balaban J connectivity index is 1.46. The van der Waals surface area contributed by atoms with Gasteiger partial charge in [-0.25, -0.2) is 9.50 Å². The first-order valence-electron chi connectivity index (χ1n) is 11.0. The number of nitrogens with zero attached hydrogens (tertiary/aromatic N) is 5. The van der Waals surface area contributed by atoms with Crippen molar-refractivity contribution in [2.45, 2.75) is 11.9 Å². The number of hydrogen-bond donors (Lipinski definition) is 1. The summed E-state index contributed by atoms with van der Waals surface area (Å²) < 4.78 is 3.86. The number of benzene rings is 3. The Labute approximate surface area is 204 Å². The predicted molar refractivity (Wildman–Crippen MR) is 140 cm³/mol. The van der Waals surface area contributed by atoms with Gasteiger partial charge in [-0.3, -0.25) is 4.68 Å². The average molecular weight is 509 g/mol. The van der Waals surface area contributed by atoms with E-state index in [0.717, 1.165) is 50.7 Å². The molecule has 0 bridgehead atoms. The van der Waals surface area contributed by atoms with Crippen LogP contribution in [-0.2, 0) is 11.9 Å². The summed E-state index contributed by atoms with van der Waals surface area (Å²) in [7, 11) is 0. The molecule has 7 heteroatoms. The lowest BCUT2D eigenvalue weighted by molar-refractivity contribution is 0.696. The normalized spacial score (nSPS) is 11.4. The minimum absolute atomic E-state index is 0.447. The van der Waals surface area contributed by atoms with Crippen LogP contribution in [0, 0.1) is 0 Å². The van der Waals surface area contributed by atoms with E-state index in [2.05, 4.69) is 92.9 Å². The van der Waals surface area contributed by atoms with E-state index in [1.807, 2.05) is 27.4 Å². The number of hydrogen-bond acceptors (Lipinski definition) is 4. The van der Waals surface area contributed by atoms with Crippen molar-refractivity contribution in [3.8, 4) is 22.4 Å². The Morgan fingerprint density at radius 3 is 2.44 bits per heavy atom. The number of nitrogen functional groups attached to an aromatic ring is 1. The van der Waals surface area contributed by atoms with Gasteiger partial charge in [0.15, 0.2) is 5.82 Å². The number of nitrogens with two attached hydrogens (primary N) is 1. The molecule has 0 radical (unpaired) electrons. The third-order valence-electron chi connectivity index (χ3n) is 6.04. The van der Waals surface area contributed by atoms with Gasteiger partial charge in [-0.2, -0.15) is 10.2 Å². The lowest BCUT2D eigenvalue weighted by Crippen LogP contribution is -2.00. The van der Waals surface area contributed by atoms with Crippen molar-refractivity contribution in [1.82, 2.24) is 24.4 Å². The van der Waals surface area contributed by atoms with E-state index >= 15 is 0 Å². The summed E-state index contributed by atoms with van der Waals surface area (Å²) in [6.07, 6.45) is 3.58. The zero-order valence-electron chi connectivity index (χ0n) is 18.3. The largest absolute Gasteiger partial charge is 0.382 e. The summed E-state index contributed by atoms with van der Waals surface area (Å²) in [5.41, 5.74) is 14.5. The van der Waals surface area contributed by atoms with E-state index in [4.69, 9.17) is 10.8 Å². The monoisotopic (exact) mass is 508 g/mol. The first kappa shape index (κ1) is 20.6. The highest BCUT2D eigenvalue weighted by molar-refractivity contribution is 9.08. The zero-order chi connectivity index (χ0) is 23.1. The number of alkyl halides is 1. The van der Waals surface area contributed by atoms with Gasteiger partial charge in [-0.05, 0) is 28.8 Å². The van der Waals surface area contributed by atoms with Gasteiger partial charge in [0.05, 0.1) is 17.8 Å². The molecule has 6 aromatic rings. The smallest absolute Gasteiger partial charge is 0.152 e. The SMILES string of the molecule is Nc1ncnn2c(-c3ccc(CBr)cc3)cc(-c3ccc4cn(Cc5ccccc5)nc4c3)c12. The minimum Gasteiger partial charge on any atom is -0.382 e. The predicted octanol–water partition coefficient (Wildman–Crippen LogP) is 5.94. The standard InChI is InChI=1S/C27H21BrN6/c28-14-18-6-8-20(9-7-18)25-13-23(26-27(29)30-17-31-34(25)26)21-10-11-22-16-33(32-24(22)12-21)15-19-4-2-1-3-5-19/h1-13,16-17H,14-15H2,(H2,29,30,31). The number of halogens is 1. The highest BCUT2D eigenvalue weighted by Gasteiger charge is 2.17. The van der Waals surface area contributed by atoms with Crippen LogP contribution < -0.4 is 5.73 Å². The van der Waals surface area contributed by atoms with Crippen molar-refractivity contribution < 1.29 is 0 Å². The van der Waals surface area contributed by atoms with Crippen molar-refractivity contribution in [2.24, 2.45) is 0 Å². The molecule has 34 heavy (non-hydrogen) atoms. The molecule has 3 heterocycles. The van der Waals surface area contributed by atoms with E-state index in [9.17, 15) is 0 Å². The molecule has 0 atom stereocenters. The number of rotatable bonds is 5. The lowest BCUT2D eigenvalue weighted by Gasteiger charge is -2.04. The van der Waals surface area contributed by atoms with Crippen LogP contribution in [0.15, 0.2) is 91.4 Å². The summed E-state index contributed by atoms with van der Waals surface area (Å²) >= 11 is 3.51. The van der Waals surface area contributed by atoms with Crippen molar-refractivity contribution in [3.05, 3.63) is 103 Å². The fourth-order valence-electron chi connectivity index (χ4n) is 4.34. The number of anilines is 1. The molecule has 0 unspecified atom stereocenters. The summed E-state index contributed by atoms with van der Waals surface area (Å²) in [4.78, 5) is 4.26. The van der Waals surface area contributed by atoms with Crippen LogP contribution in [0.4, 0.5) is 5.82 Å². The Hall–Kier alpha value is -3.97. The summed E-state index contributed by atoms with van der Waals surface area (Å²) in [5.74, 6) is 0.447. The molecule has 0 saturated carbocycles. The first-order chi connectivity index (χ1) is 16.7. The summed E-state index contributed by atoms with van der Waals surface area (Å²) in [5, 5.41) is 11.3. The minimum atomic E-state index is 0.447. The second-order valence-electron chi connectivity index (χ2n) is 8.27. The Kier molecular flexibility index (Phi) is 5.11. The van der Waals surface area contributed by atoms with Crippen molar-refractivity contribution >= 4 is 38.2 Å². The van der Waals surface area contributed by atoms with Crippen LogP contribution in [0.5, 0.6) is 0 Å². The topological polar surface area (TPSA) is 74.0 Å². The summed E-state index contributed by atoms with van der Waals surface area (Å²) in [6.45, 7) is 0.731. The van der Waals surface area contributed by atoms with Gasteiger partial charge >= 0.3 is 0 Å². The van der Waals surface area contributed by atoms with Crippen LogP contribution in [0.2, 0.25) is 0 Å². The van der Waals surface area contributed by atoms with E-state index in [-0.39, 0.29) is 0 Å². The maximum absolute atomic E-state index is 6.34. The van der Waals surface area contributed by atoms with Crippen molar-refractivity contribution in [1.29, 1.82) is 0 Å². The van der Waals surface area contributed by atoms with Gasteiger partial charge in [0.1, 0.15) is 11.8 Å². The van der Waals surface area contributed by atoms with Crippen LogP contribution >= 0.6 is 15.9 Å². The van der Waals surface area contributed by atoms with E-state index < -0.39 is 0 Å². The van der Waals surface area contributed by atoms with Crippen molar-refractivity contribution in [2.75, 3.05) is 5.73 Å². The van der Waals surface area contributed by atoms with Gasteiger partial charge in [-0.1, -0.05) is 82.7 Å². The molecule has 0 saturated heterocycles. The molecule has 3 aromatic heterocycles. The third kappa shape index (κ3) is 3.64. The van der Waals surface area contributed by atoms with E-state index in [1.165, 1.54) is 17.5 Å². The van der Waals surface area contributed by atoms with Gasteiger partial charge < -0.3 is 5.73 Å². The average Bonchev–Trinajstić information content (AvgIpc) is 3.46. The van der Waals surface area contributed by atoms with Gasteiger partial charge in [-0.15, -0.1) is 0 Å². The number of aromatic nitrogens is 5. The molecule has 0 aliphatic rings. The molecule has 6 nitrogen and oxygen atoms in total. The van der Waals surface area contributed by atoms with Crippen LogP contribution in [0.25, 0.3) is 38.8 Å². The maximum Gasteiger partial charge on any atom is 0.152 e. The Morgan fingerprint density at radius 2 is 1.65 bits per heavy atom. The molecule has 0 fully saturated rings. The molecule has 0 amide bonds. The molecular weight excluding hydrogens is 488 g/mol. The summed E-state index contributed by atoms with van der Waals surface area (Å²) in [6, 6.07) is 27.2. The van der Waals surface area contributed by atoms with Crippen molar-refractivity contribution in [3.63, 3.8) is 0 Å². The van der Waals surface area contributed by atoms with E-state index in [0.29, 0.717) is 5.82 Å². The number of fused-ring (bicyclic) bond motifs is 2. The molecule has 6 rings (SSSR count). The molecular formula is C27H21BrN6. The third-order valence-corrected chi connectivity index (χ3v) is 6.69. The first-order valence-corrected chi connectivity index (χ1v) is 12.1. The maximum atomic E-state index is 6.34. The fourth-order valence-corrected chi connectivity index (χ4v) is 4.72. The lowest BCUT2D eigenvalue weighted by atomic mass is 10.0. The molecule has 0 spiro atoms. The Bertz CT molecular complexity index is 1620. The fraction of sp³-hybridized carbons (Fsp3) is 0.0741. The van der Waals surface area contributed by atoms with Gasteiger partial charge in [0.25, 0.3) is 0 Å². The van der Waals surface area contributed by atoms with Gasteiger partial charge in [0, 0.05) is 28.0 Å². The molecule has 2 N–H and O–H groups in total. The quantitative estimate of drug-likeness (QED) is 0.292. The second-order valence-corrected chi connectivity index (χ2v) is 8.83. The van der Waals surface area contributed by atoms with Crippen LogP contribution in [-0.4, -0.2) is 24.4 Å². The molecule has 3 aromatic carbocycles. The highest BCUT2D eigenvalue weighted by Crippen LogP contribution is 2.35. The van der Waals surface area contributed by atoms with Crippen LogP contribution in [0.3, 0.4) is 0 Å². The zero-order valence-corrected chi connectivity index (χ0v) is 19.9. The molecule has 166 valence electrons. The molecule has 0 aliphatic carbocycles. The Morgan fingerprint density at radius 1 is 0.853 bits per heavy atom. The van der Waals surface area contributed by atoms with Gasteiger partial charge in [0.2, 0.25) is 0 Å². The highest BCUT2D eigenvalue weighted by atomic mass is 79.9. The second kappa shape index (κ2) is 8.43. The van der Waals surface area contributed by atoms with E-state index in [1.54, 1.807) is 0 Å².